The Hall–Kier alpha value is -2.26. The second kappa shape index (κ2) is 10.5. The average Bonchev–Trinajstić information content (AvgIpc) is 3.19. The van der Waals surface area contributed by atoms with Crippen LogP contribution < -0.4 is 5.32 Å². The summed E-state index contributed by atoms with van der Waals surface area (Å²) in [5.74, 6) is -0.986. The molecule has 0 heterocycles. The normalized spacial score (nSPS) is 14.7. The molecule has 1 N–H and O–H groups in total. The van der Waals surface area contributed by atoms with Gasteiger partial charge in [0.1, 0.15) is 0 Å². The molecule has 0 aromatic heterocycles. The number of benzene rings is 1. The van der Waals surface area contributed by atoms with E-state index in [9.17, 15) is 22.8 Å². The molecule has 0 bridgehead atoms. The van der Waals surface area contributed by atoms with Gasteiger partial charge < -0.3 is 10.1 Å². The van der Waals surface area contributed by atoms with Crippen LogP contribution in [0.1, 0.15) is 55.8 Å². The van der Waals surface area contributed by atoms with Crippen LogP contribution in [0.15, 0.2) is 29.2 Å². The fourth-order valence-corrected chi connectivity index (χ4v) is 4.37. The molecular formula is C20H28N2O6S. The molecule has 8 nitrogen and oxygen atoms in total. The number of sulfonamides is 1. The summed E-state index contributed by atoms with van der Waals surface area (Å²) in [7, 11) is -2.29. The minimum absolute atomic E-state index is 0.0137. The molecule has 1 fully saturated rings. The fraction of sp³-hybridized carbons (Fsp3) is 0.550. The zero-order valence-corrected chi connectivity index (χ0v) is 17.7. The van der Waals surface area contributed by atoms with Crippen molar-refractivity contribution >= 4 is 27.7 Å². The van der Waals surface area contributed by atoms with Crippen LogP contribution in [0, 0.1) is 0 Å². The molecule has 1 aliphatic carbocycles. The van der Waals surface area contributed by atoms with Crippen LogP contribution in [-0.2, 0) is 24.3 Å². The Labute approximate surface area is 171 Å². The minimum Gasteiger partial charge on any atom is -0.456 e. The Morgan fingerprint density at radius 1 is 1.14 bits per heavy atom. The number of ketones is 1. The number of carbonyl (C=O) groups is 3. The van der Waals surface area contributed by atoms with E-state index >= 15 is 0 Å². The molecule has 0 saturated heterocycles. The maximum absolute atomic E-state index is 12.5. The van der Waals surface area contributed by atoms with Crippen LogP contribution >= 0.6 is 0 Å². The number of amides is 1. The van der Waals surface area contributed by atoms with Gasteiger partial charge in [-0.05, 0) is 38.3 Å². The number of carbonyl (C=O) groups excluding carboxylic acids is 3. The maximum atomic E-state index is 12.5. The van der Waals surface area contributed by atoms with Gasteiger partial charge in [0.2, 0.25) is 10.0 Å². The largest absolute Gasteiger partial charge is 0.456 e. The topological polar surface area (TPSA) is 110 Å². The summed E-state index contributed by atoms with van der Waals surface area (Å²) in [5, 5.41) is 2.83. The SMILES string of the molecule is CC(=O)c1ccc(S(=O)(=O)N(C)CCCC(=O)OCC(=O)NC2CCCC2)cc1. The molecule has 0 radical (unpaired) electrons. The van der Waals surface area contributed by atoms with E-state index in [1.165, 1.54) is 38.2 Å². The first-order valence-electron chi connectivity index (χ1n) is 9.72. The van der Waals surface area contributed by atoms with Gasteiger partial charge in [0.25, 0.3) is 5.91 Å². The molecule has 1 saturated carbocycles. The predicted octanol–water partition coefficient (Wildman–Crippen LogP) is 1.89. The number of Topliss-reactive ketones (excluding diaryl/α,β-unsaturated/α-hetero) is 1. The standard InChI is InChI=1S/C20H28N2O6S/c1-15(23)16-9-11-18(12-10-16)29(26,27)22(2)13-5-8-20(25)28-14-19(24)21-17-6-3-4-7-17/h9-12,17H,3-8,13-14H2,1-2H3,(H,21,24). The maximum Gasteiger partial charge on any atom is 0.306 e. The molecule has 0 unspecified atom stereocenters. The van der Waals surface area contributed by atoms with Crippen LogP contribution in [0.25, 0.3) is 0 Å². The summed E-state index contributed by atoms with van der Waals surface area (Å²) < 4.78 is 31.2. The predicted molar refractivity (Wildman–Crippen MR) is 107 cm³/mol. The molecule has 1 aromatic rings. The number of hydrogen-bond donors (Lipinski definition) is 1. The first-order chi connectivity index (χ1) is 13.7. The number of esters is 1. The molecule has 1 aromatic carbocycles. The van der Waals surface area contributed by atoms with E-state index < -0.39 is 16.0 Å². The smallest absolute Gasteiger partial charge is 0.306 e. The third-order valence-electron chi connectivity index (χ3n) is 4.91. The van der Waals surface area contributed by atoms with Gasteiger partial charge in [-0.25, -0.2) is 12.7 Å². The molecule has 29 heavy (non-hydrogen) atoms. The van der Waals surface area contributed by atoms with E-state index in [0.717, 1.165) is 30.0 Å². The van der Waals surface area contributed by atoms with Gasteiger partial charge in [-0.15, -0.1) is 0 Å². The number of nitrogens with zero attached hydrogens (tertiary/aromatic N) is 1. The van der Waals surface area contributed by atoms with E-state index in [-0.39, 0.29) is 48.6 Å². The van der Waals surface area contributed by atoms with Gasteiger partial charge in [-0.1, -0.05) is 25.0 Å². The number of hydrogen-bond acceptors (Lipinski definition) is 6. The monoisotopic (exact) mass is 424 g/mol. The molecule has 0 aliphatic heterocycles. The second-order valence-electron chi connectivity index (χ2n) is 7.22. The summed E-state index contributed by atoms with van der Waals surface area (Å²) >= 11 is 0. The fourth-order valence-electron chi connectivity index (χ4n) is 3.17. The molecule has 9 heteroatoms. The van der Waals surface area contributed by atoms with E-state index in [1.807, 2.05) is 0 Å². The average molecular weight is 425 g/mol. The van der Waals surface area contributed by atoms with Crippen molar-refractivity contribution in [2.75, 3.05) is 20.2 Å². The third kappa shape index (κ3) is 6.93. The molecule has 0 atom stereocenters. The Morgan fingerprint density at radius 2 is 1.76 bits per heavy atom. The lowest BCUT2D eigenvalue weighted by atomic mass is 10.2. The van der Waals surface area contributed by atoms with Crippen LogP contribution in [-0.4, -0.2) is 56.6 Å². The zero-order valence-electron chi connectivity index (χ0n) is 16.8. The molecule has 1 amide bonds. The Balaban J connectivity index is 1.73. The quantitative estimate of drug-likeness (QED) is 0.454. The molecule has 160 valence electrons. The summed E-state index contributed by atoms with van der Waals surface area (Å²) in [4.78, 5) is 34.9. The lowest BCUT2D eigenvalue weighted by Gasteiger charge is -2.17. The van der Waals surface area contributed by atoms with Gasteiger partial charge in [0.05, 0.1) is 4.90 Å². The summed E-state index contributed by atoms with van der Waals surface area (Å²) in [6.45, 7) is 1.22. The van der Waals surface area contributed by atoms with E-state index in [0.29, 0.717) is 5.56 Å². The lowest BCUT2D eigenvalue weighted by molar-refractivity contribution is -0.148. The summed E-state index contributed by atoms with van der Waals surface area (Å²) in [5.41, 5.74) is 0.436. The highest BCUT2D eigenvalue weighted by molar-refractivity contribution is 7.89. The van der Waals surface area contributed by atoms with Crippen LogP contribution in [0.3, 0.4) is 0 Å². The van der Waals surface area contributed by atoms with Crippen LogP contribution in [0.4, 0.5) is 0 Å². The molecular weight excluding hydrogens is 396 g/mol. The molecule has 1 aliphatic rings. The van der Waals surface area contributed by atoms with Crippen molar-refractivity contribution in [3.63, 3.8) is 0 Å². The van der Waals surface area contributed by atoms with Gasteiger partial charge in [-0.2, -0.15) is 0 Å². The van der Waals surface area contributed by atoms with Crippen LogP contribution in [0.2, 0.25) is 0 Å². The summed E-state index contributed by atoms with van der Waals surface area (Å²) in [6.07, 6.45) is 4.39. The van der Waals surface area contributed by atoms with E-state index in [1.54, 1.807) is 0 Å². The van der Waals surface area contributed by atoms with E-state index in [2.05, 4.69) is 5.32 Å². The van der Waals surface area contributed by atoms with E-state index in [4.69, 9.17) is 4.74 Å². The highest BCUT2D eigenvalue weighted by atomic mass is 32.2. The molecule has 0 spiro atoms. The van der Waals surface area contributed by atoms with Crippen LogP contribution in [0.5, 0.6) is 0 Å². The van der Waals surface area contributed by atoms with Crippen molar-refractivity contribution < 1.29 is 27.5 Å². The first-order valence-corrected chi connectivity index (χ1v) is 11.2. The third-order valence-corrected chi connectivity index (χ3v) is 6.78. The van der Waals surface area contributed by atoms with Crippen molar-refractivity contribution in [1.82, 2.24) is 9.62 Å². The Kier molecular flexibility index (Phi) is 8.33. The van der Waals surface area contributed by atoms with Crippen molar-refractivity contribution in [1.29, 1.82) is 0 Å². The minimum atomic E-state index is -3.71. The highest BCUT2D eigenvalue weighted by Gasteiger charge is 2.21. The Morgan fingerprint density at radius 3 is 2.34 bits per heavy atom. The van der Waals surface area contributed by atoms with Crippen molar-refractivity contribution in [2.24, 2.45) is 0 Å². The summed E-state index contributed by atoms with van der Waals surface area (Å²) in [6, 6.07) is 5.89. The number of nitrogens with one attached hydrogen (secondary N) is 1. The zero-order chi connectivity index (χ0) is 21.4. The first kappa shape index (κ1) is 23.0. The Bertz CT molecular complexity index is 829. The highest BCUT2D eigenvalue weighted by Crippen LogP contribution is 2.18. The molecule has 2 rings (SSSR count). The van der Waals surface area contributed by atoms with Gasteiger partial charge >= 0.3 is 5.97 Å². The van der Waals surface area contributed by atoms with Gasteiger partial charge in [0, 0.05) is 31.6 Å². The van der Waals surface area contributed by atoms with Crippen molar-refractivity contribution in [3.05, 3.63) is 29.8 Å². The van der Waals surface area contributed by atoms with Gasteiger partial charge in [-0.3, -0.25) is 14.4 Å². The van der Waals surface area contributed by atoms with Crippen molar-refractivity contribution in [3.8, 4) is 0 Å². The lowest BCUT2D eigenvalue weighted by Crippen LogP contribution is -2.36. The van der Waals surface area contributed by atoms with Crippen molar-refractivity contribution in [2.45, 2.75) is 56.4 Å². The number of ether oxygens (including phenoxy) is 1. The second-order valence-corrected chi connectivity index (χ2v) is 9.27. The number of rotatable bonds is 10. The van der Waals surface area contributed by atoms with Gasteiger partial charge in [0.15, 0.2) is 12.4 Å².